The van der Waals surface area contributed by atoms with E-state index in [1.807, 2.05) is 25.1 Å². The van der Waals surface area contributed by atoms with Gasteiger partial charge in [-0.05, 0) is 42.3 Å². The number of halogens is 3. The van der Waals surface area contributed by atoms with Crippen LogP contribution in [0.3, 0.4) is 0 Å². The third kappa shape index (κ3) is 3.80. The summed E-state index contributed by atoms with van der Waals surface area (Å²) in [7, 11) is 0. The van der Waals surface area contributed by atoms with Crippen LogP contribution in [0.25, 0.3) is 0 Å². The highest BCUT2D eigenvalue weighted by atomic mass is 79.9. The van der Waals surface area contributed by atoms with Gasteiger partial charge in [-0.15, -0.1) is 0 Å². The van der Waals surface area contributed by atoms with E-state index in [4.69, 9.17) is 4.74 Å². The van der Waals surface area contributed by atoms with Crippen molar-refractivity contribution in [2.75, 3.05) is 0 Å². The molecule has 2 aromatic rings. The molecule has 0 saturated heterocycles. The summed E-state index contributed by atoms with van der Waals surface area (Å²) in [6.07, 6.45) is 0. The lowest BCUT2D eigenvalue weighted by molar-refractivity contribution is 0.301. The van der Waals surface area contributed by atoms with Crippen LogP contribution in [-0.2, 0) is 11.9 Å². The minimum Gasteiger partial charge on any atom is -0.488 e. The van der Waals surface area contributed by atoms with Gasteiger partial charge in [0.1, 0.15) is 18.2 Å². The Morgan fingerprint density at radius 1 is 1.21 bits per heavy atom. The Kier molecular flexibility index (Phi) is 4.99. The molecule has 4 heteroatoms. The maximum atomic E-state index is 13.1. The molecule has 1 nitrogen and oxygen atoms in total. The van der Waals surface area contributed by atoms with Crippen LogP contribution >= 0.6 is 31.9 Å². The minimum absolute atomic E-state index is 0.241. The lowest BCUT2D eigenvalue weighted by atomic mass is 10.1. The molecule has 2 aromatic carbocycles. The van der Waals surface area contributed by atoms with E-state index in [0.29, 0.717) is 11.9 Å². The van der Waals surface area contributed by atoms with Gasteiger partial charge in [0.25, 0.3) is 0 Å². The summed E-state index contributed by atoms with van der Waals surface area (Å²) < 4.78 is 20.0. The summed E-state index contributed by atoms with van der Waals surface area (Å²) >= 11 is 6.92. The molecule has 0 spiro atoms. The fourth-order valence-corrected chi connectivity index (χ4v) is 2.92. The Hall–Kier alpha value is -0.870. The molecule has 19 heavy (non-hydrogen) atoms. The molecule has 100 valence electrons. The van der Waals surface area contributed by atoms with Crippen LogP contribution in [0.5, 0.6) is 5.75 Å². The van der Waals surface area contributed by atoms with Gasteiger partial charge in [-0.2, -0.15) is 0 Å². The summed E-state index contributed by atoms with van der Waals surface area (Å²) in [6, 6.07) is 10.5. The van der Waals surface area contributed by atoms with Crippen molar-refractivity contribution < 1.29 is 9.13 Å². The van der Waals surface area contributed by atoms with Gasteiger partial charge in [0.2, 0.25) is 0 Å². The Labute approximate surface area is 129 Å². The van der Waals surface area contributed by atoms with Gasteiger partial charge in [-0.3, -0.25) is 0 Å². The molecule has 0 unspecified atom stereocenters. The maximum absolute atomic E-state index is 13.1. The third-order valence-electron chi connectivity index (χ3n) is 2.73. The van der Waals surface area contributed by atoms with E-state index in [2.05, 4.69) is 31.9 Å². The molecule has 0 aliphatic heterocycles. The zero-order valence-electron chi connectivity index (χ0n) is 10.4. The molecule has 0 heterocycles. The van der Waals surface area contributed by atoms with Gasteiger partial charge in [0, 0.05) is 15.4 Å². The van der Waals surface area contributed by atoms with Crippen molar-refractivity contribution in [3.05, 3.63) is 63.4 Å². The predicted molar refractivity (Wildman–Crippen MR) is 82.2 cm³/mol. The molecule has 0 atom stereocenters. The fourth-order valence-electron chi connectivity index (χ4n) is 1.89. The number of alkyl halides is 1. The molecule has 0 saturated carbocycles. The molecule has 0 fully saturated rings. The highest BCUT2D eigenvalue weighted by Crippen LogP contribution is 2.30. The SMILES string of the molecule is Cc1cc(Br)cc(CBr)c1OCc1cccc(F)c1. The van der Waals surface area contributed by atoms with Gasteiger partial charge >= 0.3 is 0 Å². The van der Waals surface area contributed by atoms with Crippen LogP contribution in [0.15, 0.2) is 40.9 Å². The number of hydrogen-bond donors (Lipinski definition) is 0. The van der Waals surface area contributed by atoms with Gasteiger partial charge < -0.3 is 4.74 Å². The molecule has 0 aromatic heterocycles. The lowest BCUT2D eigenvalue weighted by Crippen LogP contribution is -2.00. The van der Waals surface area contributed by atoms with Crippen molar-refractivity contribution in [2.24, 2.45) is 0 Å². The molecule has 0 aliphatic carbocycles. The van der Waals surface area contributed by atoms with E-state index in [1.165, 1.54) is 12.1 Å². The van der Waals surface area contributed by atoms with Crippen molar-refractivity contribution in [2.45, 2.75) is 18.9 Å². The number of aryl methyl sites for hydroxylation is 1. The van der Waals surface area contributed by atoms with Crippen LogP contribution in [0.1, 0.15) is 16.7 Å². The summed E-state index contributed by atoms with van der Waals surface area (Å²) in [5.74, 6) is 0.610. The summed E-state index contributed by atoms with van der Waals surface area (Å²) in [5, 5.41) is 0.714. The summed E-state index contributed by atoms with van der Waals surface area (Å²) in [5.41, 5.74) is 2.95. The largest absolute Gasteiger partial charge is 0.488 e. The van der Waals surface area contributed by atoms with Crippen molar-refractivity contribution >= 4 is 31.9 Å². The smallest absolute Gasteiger partial charge is 0.126 e. The predicted octanol–water partition coefficient (Wildman–Crippen LogP) is 5.37. The van der Waals surface area contributed by atoms with Crippen LogP contribution in [-0.4, -0.2) is 0 Å². The van der Waals surface area contributed by atoms with Crippen molar-refractivity contribution in [3.8, 4) is 5.75 Å². The molecule has 2 rings (SSSR count). The fraction of sp³-hybridized carbons (Fsp3) is 0.200. The minimum atomic E-state index is -0.241. The first-order valence-electron chi connectivity index (χ1n) is 5.82. The van der Waals surface area contributed by atoms with E-state index < -0.39 is 0 Å². The second kappa shape index (κ2) is 6.53. The van der Waals surface area contributed by atoms with Gasteiger partial charge in [-0.25, -0.2) is 4.39 Å². The van der Waals surface area contributed by atoms with Crippen LogP contribution in [0.4, 0.5) is 4.39 Å². The number of rotatable bonds is 4. The second-order valence-corrected chi connectivity index (χ2v) is 5.74. The maximum Gasteiger partial charge on any atom is 0.126 e. The average molecular weight is 388 g/mol. The first-order chi connectivity index (χ1) is 9.10. The van der Waals surface area contributed by atoms with E-state index in [9.17, 15) is 4.39 Å². The zero-order chi connectivity index (χ0) is 13.8. The van der Waals surface area contributed by atoms with Crippen molar-refractivity contribution in [1.29, 1.82) is 0 Å². The van der Waals surface area contributed by atoms with E-state index >= 15 is 0 Å². The molecule has 0 N–H and O–H groups in total. The average Bonchev–Trinajstić information content (AvgIpc) is 2.37. The quantitative estimate of drug-likeness (QED) is 0.640. The number of hydrogen-bond acceptors (Lipinski definition) is 1. The monoisotopic (exact) mass is 386 g/mol. The molecule has 0 aliphatic rings. The summed E-state index contributed by atoms with van der Waals surface area (Å²) in [4.78, 5) is 0. The highest BCUT2D eigenvalue weighted by molar-refractivity contribution is 9.10. The molecule has 0 bridgehead atoms. The van der Waals surface area contributed by atoms with Gasteiger partial charge in [0.05, 0.1) is 0 Å². The van der Waals surface area contributed by atoms with E-state index in [1.54, 1.807) is 6.07 Å². The number of ether oxygens (including phenoxy) is 1. The molecular weight excluding hydrogens is 375 g/mol. The van der Waals surface area contributed by atoms with E-state index in [-0.39, 0.29) is 5.82 Å². The van der Waals surface area contributed by atoms with E-state index in [0.717, 1.165) is 26.9 Å². The topological polar surface area (TPSA) is 9.23 Å². The van der Waals surface area contributed by atoms with Crippen LogP contribution < -0.4 is 4.74 Å². The molecule has 0 radical (unpaired) electrons. The first-order valence-corrected chi connectivity index (χ1v) is 7.74. The Balaban J connectivity index is 2.19. The lowest BCUT2D eigenvalue weighted by Gasteiger charge is -2.14. The normalized spacial score (nSPS) is 10.5. The number of benzene rings is 2. The Bertz CT molecular complexity index is 584. The Morgan fingerprint density at radius 2 is 2.00 bits per heavy atom. The zero-order valence-corrected chi connectivity index (χ0v) is 13.6. The highest BCUT2D eigenvalue weighted by Gasteiger charge is 2.08. The van der Waals surface area contributed by atoms with Crippen LogP contribution in [0, 0.1) is 12.7 Å². The van der Waals surface area contributed by atoms with Crippen molar-refractivity contribution in [1.82, 2.24) is 0 Å². The third-order valence-corrected chi connectivity index (χ3v) is 3.79. The van der Waals surface area contributed by atoms with Gasteiger partial charge in [-0.1, -0.05) is 44.0 Å². The van der Waals surface area contributed by atoms with Crippen LogP contribution in [0.2, 0.25) is 0 Å². The summed E-state index contributed by atoms with van der Waals surface area (Å²) in [6.45, 7) is 2.36. The van der Waals surface area contributed by atoms with Crippen molar-refractivity contribution in [3.63, 3.8) is 0 Å². The molecular formula is C15H13Br2FO. The Morgan fingerprint density at radius 3 is 2.68 bits per heavy atom. The standard InChI is InChI=1S/C15H13Br2FO/c1-10-5-13(17)7-12(8-16)15(10)19-9-11-3-2-4-14(18)6-11/h2-7H,8-9H2,1H3. The first kappa shape index (κ1) is 14.5. The molecule has 0 amide bonds. The van der Waals surface area contributed by atoms with Gasteiger partial charge in [0.15, 0.2) is 0 Å². The second-order valence-electron chi connectivity index (χ2n) is 4.26.